The molecule has 0 N–H and O–H groups in total. The molecule has 1 amide bonds. The van der Waals surface area contributed by atoms with E-state index in [0.717, 1.165) is 0 Å². The Bertz CT molecular complexity index is 238. The van der Waals surface area contributed by atoms with Crippen LogP contribution in [0.5, 0.6) is 0 Å². The highest BCUT2D eigenvalue weighted by molar-refractivity contribution is 6.32. The second kappa shape index (κ2) is 8.95. The topological polar surface area (TPSA) is 65.1 Å². The molecule has 0 saturated carbocycles. The van der Waals surface area contributed by atoms with Gasteiger partial charge in [0.2, 0.25) is 0 Å². The molecule has 0 radical (unpaired) electrons. The largest absolute Gasteiger partial charge is 0.459 e. The minimum atomic E-state index is -0.859. The molecule has 6 nitrogen and oxygen atoms in total. The molecule has 0 atom stereocenters. The van der Waals surface area contributed by atoms with Gasteiger partial charge in [-0.1, -0.05) is 0 Å². The lowest BCUT2D eigenvalue weighted by molar-refractivity contribution is -0.168. The number of rotatable bonds is 7. The summed E-state index contributed by atoms with van der Waals surface area (Å²) in [5.74, 6) is -1.56. The SMILES string of the molecule is CCOC(=O)C(=O)N(C)CC(OCC)OCC. The second-order valence-electron chi connectivity index (χ2n) is 3.25. The van der Waals surface area contributed by atoms with Crippen LogP contribution in [0.15, 0.2) is 0 Å². The fourth-order valence-corrected chi connectivity index (χ4v) is 1.18. The number of likely N-dealkylation sites (N-methyl/N-ethyl adjacent to an activating group) is 1. The van der Waals surface area contributed by atoms with E-state index in [1.165, 1.54) is 11.9 Å². The van der Waals surface area contributed by atoms with E-state index in [1.807, 2.05) is 13.8 Å². The quantitative estimate of drug-likeness (QED) is 0.370. The van der Waals surface area contributed by atoms with Gasteiger partial charge in [-0.2, -0.15) is 0 Å². The summed E-state index contributed by atoms with van der Waals surface area (Å²) in [6.07, 6.45) is -0.520. The fraction of sp³-hybridized carbons (Fsp3) is 0.818. The molecule has 100 valence electrons. The third kappa shape index (κ3) is 6.23. The Morgan fingerprint density at radius 2 is 1.59 bits per heavy atom. The van der Waals surface area contributed by atoms with E-state index >= 15 is 0 Å². The third-order valence-corrected chi connectivity index (χ3v) is 1.92. The van der Waals surface area contributed by atoms with Crippen molar-refractivity contribution in [2.45, 2.75) is 27.1 Å². The molecule has 0 bridgehead atoms. The predicted molar refractivity (Wildman–Crippen MR) is 61.3 cm³/mol. The molecule has 6 heteroatoms. The van der Waals surface area contributed by atoms with Crippen LogP contribution in [-0.2, 0) is 23.8 Å². The minimum Gasteiger partial charge on any atom is -0.459 e. The first kappa shape index (κ1) is 15.9. The van der Waals surface area contributed by atoms with Crippen LogP contribution in [0.1, 0.15) is 20.8 Å². The molecule has 0 aromatic heterocycles. The van der Waals surface area contributed by atoms with E-state index in [0.29, 0.717) is 13.2 Å². The average molecular weight is 247 g/mol. The van der Waals surface area contributed by atoms with Crippen molar-refractivity contribution in [2.24, 2.45) is 0 Å². The van der Waals surface area contributed by atoms with E-state index in [9.17, 15) is 9.59 Å². The van der Waals surface area contributed by atoms with E-state index in [-0.39, 0.29) is 13.2 Å². The Labute approximate surface area is 102 Å². The molecule has 0 unspecified atom stereocenters. The second-order valence-corrected chi connectivity index (χ2v) is 3.25. The van der Waals surface area contributed by atoms with Gasteiger partial charge < -0.3 is 19.1 Å². The van der Waals surface area contributed by atoms with Gasteiger partial charge in [0, 0.05) is 20.3 Å². The highest BCUT2D eigenvalue weighted by Gasteiger charge is 2.22. The van der Waals surface area contributed by atoms with E-state index in [4.69, 9.17) is 9.47 Å². The van der Waals surface area contributed by atoms with Crippen molar-refractivity contribution in [2.75, 3.05) is 33.4 Å². The Kier molecular flexibility index (Phi) is 8.35. The molecule has 0 fully saturated rings. The van der Waals surface area contributed by atoms with Crippen LogP contribution >= 0.6 is 0 Å². The summed E-state index contributed by atoms with van der Waals surface area (Å²) in [7, 11) is 1.50. The van der Waals surface area contributed by atoms with Crippen molar-refractivity contribution in [1.82, 2.24) is 4.90 Å². The number of nitrogens with zero attached hydrogens (tertiary/aromatic N) is 1. The van der Waals surface area contributed by atoms with Gasteiger partial charge in [-0.3, -0.25) is 4.79 Å². The molecule has 0 heterocycles. The Morgan fingerprint density at radius 1 is 1.06 bits per heavy atom. The number of carbonyl (C=O) groups excluding carboxylic acids is 2. The Balaban J connectivity index is 4.23. The van der Waals surface area contributed by atoms with E-state index < -0.39 is 18.2 Å². The van der Waals surface area contributed by atoms with Crippen LogP contribution in [0.3, 0.4) is 0 Å². The van der Waals surface area contributed by atoms with Gasteiger partial charge in [0.1, 0.15) is 0 Å². The van der Waals surface area contributed by atoms with E-state index in [2.05, 4.69) is 4.74 Å². The molecule has 0 aromatic rings. The predicted octanol–water partition coefficient (Wildman–Crippen LogP) is 0.407. The van der Waals surface area contributed by atoms with E-state index in [1.54, 1.807) is 6.92 Å². The van der Waals surface area contributed by atoms with Gasteiger partial charge in [-0.05, 0) is 20.8 Å². The molecule has 0 aliphatic rings. The zero-order valence-electron chi connectivity index (χ0n) is 10.9. The zero-order valence-corrected chi connectivity index (χ0v) is 10.9. The smallest absolute Gasteiger partial charge is 0.397 e. The van der Waals surface area contributed by atoms with Crippen molar-refractivity contribution in [3.63, 3.8) is 0 Å². The lowest BCUT2D eigenvalue weighted by atomic mass is 10.4. The molecule has 0 spiro atoms. The monoisotopic (exact) mass is 247 g/mol. The normalized spacial score (nSPS) is 10.4. The highest BCUT2D eigenvalue weighted by Crippen LogP contribution is 1.99. The number of carbonyl (C=O) groups is 2. The van der Waals surface area contributed by atoms with Crippen molar-refractivity contribution < 1.29 is 23.8 Å². The standard InChI is InChI=1S/C11H21NO5/c1-5-15-9(16-6-2)8-12(4)10(13)11(14)17-7-3/h9H,5-8H2,1-4H3. The average Bonchev–Trinajstić information content (AvgIpc) is 2.29. The summed E-state index contributed by atoms with van der Waals surface area (Å²) >= 11 is 0. The lowest BCUT2D eigenvalue weighted by Gasteiger charge is -2.23. The molecular weight excluding hydrogens is 226 g/mol. The van der Waals surface area contributed by atoms with Crippen LogP contribution in [0, 0.1) is 0 Å². The molecule has 0 rings (SSSR count). The van der Waals surface area contributed by atoms with Crippen LogP contribution in [0.25, 0.3) is 0 Å². The van der Waals surface area contributed by atoms with Crippen LogP contribution in [0.4, 0.5) is 0 Å². The fourth-order valence-electron chi connectivity index (χ4n) is 1.18. The first-order valence-corrected chi connectivity index (χ1v) is 5.72. The molecule has 0 saturated heterocycles. The first-order valence-electron chi connectivity index (χ1n) is 5.72. The maximum atomic E-state index is 11.5. The van der Waals surface area contributed by atoms with Gasteiger partial charge >= 0.3 is 11.9 Å². The summed E-state index contributed by atoms with van der Waals surface area (Å²) < 4.78 is 15.2. The maximum absolute atomic E-state index is 11.5. The number of amides is 1. The molecule has 17 heavy (non-hydrogen) atoms. The summed E-state index contributed by atoms with van der Waals surface area (Å²) in [4.78, 5) is 23.9. The summed E-state index contributed by atoms with van der Waals surface area (Å²) in [5, 5.41) is 0. The van der Waals surface area contributed by atoms with Gasteiger partial charge in [0.25, 0.3) is 0 Å². The first-order chi connectivity index (χ1) is 8.06. The summed E-state index contributed by atoms with van der Waals surface area (Å²) in [6.45, 7) is 6.64. The van der Waals surface area contributed by atoms with Crippen molar-refractivity contribution in [3.8, 4) is 0 Å². The summed E-state index contributed by atoms with van der Waals surface area (Å²) in [5.41, 5.74) is 0. The minimum absolute atomic E-state index is 0.179. The number of hydrogen-bond donors (Lipinski definition) is 0. The Hall–Kier alpha value is -1.14. The van der Waals surface area contributed by atoms with Crippen molar-refractivity contribution in [3.05, 3.63) is 0 Å². The lowest BCUT2D eigenvalue weighted by Crippen LogP contribution is -2.41. The number of hydrogen-bond acceptors (Lipinski definition) is 5. The molecule has 0 aliphatic heterocycles. The van der Waals surface area contributed by atoms with Crippen LogP contribution in [0.2, 0.25) is 0 Å². The molecule has 0 aromatic carbocycles. The number of esters is 1. The summed E-state index contributed by atoms with van der Waals surface area (Å²) in [6, 6.07) is 0. The highest BCUT2D eigenvalue weighted by atomic mass is 16.7. The number of ether oxygens (including phenoxy) is 3. The van der Waals surface area contributed by atoms with Gasteiger partial charge in [0.15, 0.2) is 6.29 Å². The maximum Gasteiger partial charge on any atom is 0.397 e. The third-order valence-electron chi connectivity index (χ3n) is 1.92. The van der Waals surface area contributed by atoms with Crippen molar-refractivity contribution in [1.29, 1.82) is 0 Å². The van der Waals surface area contributed by atoms with Crippen molar-refractivity contribution >= 4 is 11.9 Å². The Morgan fingerprint density at radius 3 is 2.00 bits per heavy atom. The zero-order chi connectivity index (χ0) is 13.3. The molecule has 0 aliphatic carbocycles. The van der Waals surface area contributed by atoms with Gasteiger partial charge in [-0.25, -0.2) is 4.79 Å². The van der Waals surface area contributed by atoms with Crippen LogP contribution in [-0.4, -0.2) is 56.5 Å². The van der Waals surface area contributed by atoms with Crippen LogP contribution < -0.4 is 0 Å². The van der Waals surface area contributed by atoms with Gasteiger partial charge in [-0.15, -0.1) is 0 Å². The molecular formula is C11H21NO5. The van der Waals surface area contributed by atoms with Gasteiger partial charge in [0.05, 0.1) is 13.2 Å².